The molecule has 0 spiro atoms. The molecule has 0 aliphatic rings. The molecule has 31 heavy (non-hydrogen) atoms. The highest BCUT2D eigenvalue weighted by atomic mass is 16.5. The van der Waals surface area contributed by atoms with Crippen LogP contribution in [0.25, 0.3) is 0 Å². The van der Waals surface area contributed by atoms with Crippen LogP contribution < -0.4 is 0 Å². The van der Waals surface area contributed by atoms with E-state index in [0.29, 0.717) is 13.0 Å². The molecule has 0 amide bonds. The number of esters is 1. The Hall–Kier alpha value is -1.40. The van der Waals surface area contributed by atoms with Gasteiger partial charge in [0, 0.05) is 13.3 Å². The summed E-state index contributed by atoms with van der Waals surface area (Å²) >= 11 is 0. The Morgan fingerprint density at radius 2 is 1.55 bits per heavy atom. The van der Waals surface area contributed by atoms with E-state index in [4.69, 9.17) is 9.84 Å². The lowest BCUT2D eigenvalue weighted by Crippen LogP contribution is -2.37. The number of hydrogen-bond donors (Lipinski definition) is 2. The van der Waals surface area contributed by atoms with Crippen LogP contribution in [0.2, 0.25) is 0 Å². The van der Waals surface area contributed by atoms with Crippen molar-refractivity contribution < 1.29 is 29.0 Å². The van der Waals surface area contributed by atoms with Crippen LogP contribution in [0, 0.1) is 0 Å². The van der Waals surface area contributed by atoms with Gasteiger partial charge in [-0.2, -0.15) is 0 Å². The molecule has 184 valence electrons. The largest absolute Gasteiger partial charge is 0.481 e. The summed E-state index contributed by atoms with van der Waals surface area (Å²) in [6.45, 7) is 5.00. The number of hydrogen-bond acceptors (Lipinski definition) is 4. The van der Waals surface area contributed by atoms with Gasteiger partial charge in [-0.3, -0.25) is 9.59 Å². The highest BCUT2D eigenvalue weighted by molar-refractivity contribution is 5.66. The first-order valence-corrected chi connectivity index (χ1v) is 12.1. The van der Waals surface area contributed by atoms with Gasteiger partial charge in [-0.15, -0.1) is 0 Å². The molecule has 0 heterocycles. The van der Waals surface area contributed by atoms with Crippen LogP contribution in [-0.4, -0.2) is 67.0 Å². The molecule has 0 aromatic carbocycles. The third-order valence-corrected chi connectivity index (χ3v) is 4.79. The maximum absolute atomic E-state index is 10.3. The van der Waals surface area contributed by atoms with Gasteiger partial charge in [-0.1, -0.05) is 64.0 Å². The Labute approximate surface area is 191 Å². The van der Waals surface area contributed by atoms with E-state index in [1.807, 2.05) is 0 Å². The number of aliphatic hydroxyl groups excluding tert-OH is 1. The summed E-state index contributed by atoms with van der Waals surface area (Å²) in [5.41, 5.74) is 0. The van der Waals surface area contributed by atoms with Gasteiger partial charge in [-0.25, -0.2) is 0 Å². The van der Waals surface area contributed by atoms with E-state index in [9.17, 15) is 14.7 Å². The number of quaternary nitrogens is 1. The summed E-state index contributed by atoms with van der Waals surface area (Å²) in [5.74, 6) is -0.889. The number of carboxylic acids is 1. The molecule has 0 aliphatic heterocycles. The second-order valence-corrected chi connectivity index (χ2v) is 9.26. The molecule has 0 aliphatic carbocycles. The van der Waals surface area contributed by atoms with E-state index >= 15 is 0 Å². The minimum atomic E-state index is -0.689. The molecule has 0 saturated carbocycles. The highest BCUT2D eigenvalue weighted by Crippen LogP contribution is 2.10. The maximum Gasteiger partial charge on any atom is 0.303 e. The molecule has 0 bridgehead atoms. The number of ether oxygens (including phenoxy) is 1. The third kappa shape index (κ3) is 33.4. The number of carbonyl (C=O) groups excluding carboxylic acids is 1. The second kappa shape index (κ2) is 21.8. The Kier molecular flexibility index (Phi) is 22.4. The normalized spacial score (nSPS) is 12.3. The summed E-state index contributed by atoms with van der Waals surface area (Å²) in [7, 11) is 6.18. The minimum absolute atomic E-state index is 0.172. The molecule has 1 atom stereocenters. The molecular formula is C25H50NO5+. The lowest BCUT2D eigenvalue weighted by molar-refractivity contribution is -0.870. The summed E-state index contributed by atoms with van der Waals surface area (Å²) in [4.78, 5) is 20.6. The van der Waals surface area contributed by atoms with Gasteiger partial charge in [0.1, 0.15) is 13.2 Å². The zero-order valence-corrected chi connectivity index (χ0v) is 20.9. The molecule has 0 radical (unpaired) electrons. The number of allylic oxidation sites excluding steroid dienone is 1. The van der Waals surface area contributed by atoms with Crippen molar-refractivity contribution >= 4 is 11.9 Å². The minimum Gasteiger partial charge on any atom is -0.481 e. The fraction of sp³-hybridized carbons (Fsp3) is 0.840. The zero-order chi connectivity index (χ0) is 24.0. The number of carboxylic acid groups (broad SMARTS) is 1. The SMILES string of the molecule is CC(=O)OCC[N+](C)(C)C.CCCCCCC(O)C/C=C\CCCCCCCC(=O)O. The lowest BCUT2D eigenvalue weighted by atomic mass is 10.1. The number of aliphatic carboxylic acids is 1. The Bertz CT molecular complexity index is 457. The van der Waals surface area contributed by atoms with Crippen LogP contribution in [0.15, 0.2) is 12.2 Å². The van der Waals surface area contributed by atoms with Crippen molar-refractivity contribution in [1.29, 1.82) is 0 Å². The standard InChI is InChI=1S/C18H34O3.C7H16NO2/c1-2-3-4-11-14-17(19)15-12-9-7-5-6-8-10-13-16-18(20)21;1-7(9)10-6-5-8(2,3)4/h9,12,17,19H,2-8,10-11,13-16H2,1H3,(H,20,21);5-6H2,1-4H3/q;+1/b12-9-;. The average molecular weight is 445 g/mol. The van der Waals surface area contributed by atoms with Crippen LogP contribution in [0.1, 0.15) is 97.3 Å². The smallest absolute Gasteiger partial charge is 0.303 e. The molecule has 0 aromatic heterocycles. The van der Waals surface area contributed by atoms with Crippen molar-refractivity contribution in [1.82, 2.24) is 0 Å². The Morgan fingerprint density at radius 3 is 2.13 bits per heavy atom. The van der Waals surface area contributed by atoms with Gasteiger partial charge in [0.2, 0.25) is 0 Å². The van der Waals surface area contributed by atoms with Crippen molar-refractivity contribution in [3.8, 4) is 0 Å². The number of likely N-dealkylation sites (N-methyl/N-ethyl adjacent to an activating group) is 1. The maximum atomic E-state index is 10.3. The summed E-state index contributed by atoms with van der Waals surface area (Å²) in [6.07, 6.45) is 17.4. The highest BCUT2D eigenvalue weighted by Gasteiger charge is 2.06. The molecule has 6 nitrogen and oxygen atoms in total. The van der Waals surface area contributed by atoms with Crippen LogP contribution in [0.5, 0.6) is 0 Å². The first kappa shape index (κ1) is 31.8. The van der Waals surface area contributed by atoms with Crippen molar-refractivity contribution in [2.24, 2.45) is 0 Å². The molecular weight excluding hydrogens is 394 g/mol. The Balaban J connectivity index is 0. The van der Waals surface area contributed by atoms with Crippen molar-refractivity contribution in [3.63, 3.8) is 0 Å². The van der Waals surface area contributed by atoms with E-state index in [0.717, 1.165) is 62.4 Å². The monoisotopic (exact) mass is 444 g/mol. The first-order chi connectivity index (χ1) is 14.6. The molecule has 0 saturated heterocycles. The fourth-order valence-corrected chi connectivity index (χ4v) is 2.83. The van der Waals surface area contributed by atoms with Gasteiger partial charge >= 0.3 is 11.9 Å². The molecule has 6 heteroatoms. The number of nitrogens with zero attached hydrogens (tertiary/aromatic N) is 1. The van der Waals surface area contributed by atoms with Crippen molar-refractivity contribution in [3.05, 3.63) is 12.2 Å². The van der Waals surface area contributed by atoms with Crippen LogP contribution in [0.4, 0.5) is 0 Å². The summed E-state index contributed by atoms with van der Waals surface area (Å²) < 4.78 is 5.59. The molecule has 0 fully saturated rings. The zero-order valence-electron chi connectivity index (χ0n) is 20.9. The van der Waals surface area contributed by atoms with Gasteiger partial charge in [0.05, 0.1) is 27.2 Å². The summed E-state index contributed by atoms with van der Waals surface area (Å²) in [6, 6.07) is 0. The molecule has 1 unspecified atom stereocenters. The van der Waals surface area contributed by atoms with Gasteiger partial charge < -0.3 is 19.4 Å². The van der Waals surface area contributed by atoms with E-state index in [-0.39, 0.29) is 12.1 Å². The number of rotatable bonds is 18. The number of aliphatic hydroxyl groups is 1. The van der Waals surface area contributed by atoms with Gasteiger partial charge in [-0.05, 0) is 32.1 Å². The van der Waals surface area contributed by atoms with E-state index in [1.54, 1.807) is 0 Å². The van der Waals surface area contributed by atoms with Crippen LogP contribution in [-0.2, 0) is 14.3 Å². The van der Waals surface area contributed by atoms with Crippen LogP contribution >= 0.6 is 0 Å². The van der Waals surface area contributed by atoms with E-state index < -0.39 is 5.97 Å². The quantitative estimate of drug-likeness (QED) is 0.129. The summed E-state index contributed by atoms with van der Waals surface area (Å²) in [5, 5.41) is 18.3. The van der Waals surface area contributed by atoms with E-state index in [1.165, 1.54) is 32.6 Å². The van der Waals surface area contributed by atoms with Crippen molar-refractivity contribution in [2.45, 2.75) is 103 Å². The fourth-order valence-electron chi connectivity index (χ4n) is 2.83. The molecule has 0 aromatic rings. The number of carbonyl (C=O) groups is 2. The predicted molar refractivity (Wildman–Crippen MR) is 128 cm³/mol. The van der Waals surface area contributed by atoms with Crippen molar-refractivity contribution in [2.75, 3.05) is 34.3 Å². The van der Waals surface area contributed by atoms with Gasteiger partial charge in [0.25, 0.3) is 0 Å². The third-order valence-electron chi connectivity index (χ3n) is 4.79. The van der Waals surface area contributed by atoms with E-state index in [2.05, 4.69) is 40.2 Å². The van der Waals surface area contributed by atoms with Gasteiger partial charge in [0.15, 0.2) is 0 Å². The first-order valence-electron chi connectivity index (χ1n) is 12.1. The second-order valence-electron chi connectivity index (χ2n) is 9.26. The lowest BCUT2D eigenvalue weighted by Gasteiger charge is -2.23. The van der Waals surface area contributed by atoms with Crippen LogP contribution in [0.3, 0.4) is 0 Å². The average Bonchev–Trinajstić information content (AvgIpc) is 2.65. The predicted octanol–water partition coefficient (Wildman–Crippen LogP) is 5.34. The molecule has 0 rings (SSSR count). The topological polar surface area (TPSA) is 83.8 Å². The number of unbranched alkanes of at least 4 members (excludes halogenated alkanes) is 8. The Morgan fingerprint density at radius 1 is 0.935 bits per heavy atom. The molecule has 2 N–H and O–H groups in total.